The van der Waals surface area contributed by atoms with Crippen LogP contribution in [0.15, 0.2) is 48.7 Å². The molecule has 0 unspecified atom stereocenters. The fraction of sp³-hybridized carbons (Fsp3) is 0.0667. The molecule has 1 aromatic heterocycles. The van der Waals surface area contributed by atoms with Gasteiger partial charge in [0.2, 0.25) is 0 Å². The highest BCUT2D eigenvalue weighted by atomic mass is 16.6. The van der Waals surface area contributed by atoms with E-state index in [1.807, 2.05) is 0 Å². The fourth-order valence-electron chi connectivity index (χ4n) is 2.22. The Hall–Kier alpha value is -3.22. The Morgan fingerprint density at radius 2 is 1.95 bits per heavy atom. The van der Waals surface area contributed by atoms with Gasteiger partial charge in [0.15, 0.2) is 0 Å². The molecule has 0 aliphatic rings. The molecule has 0 aliphatic heterocycles. The van der Waals surface area contributed by atoms with E-state index in [1.54, 1.807) is 29.1 Å². The van der Waals surface area contributed by atoms with Gasteiger partial charge in [-0.15, -0.1) is 0 Å². The normalized spacial score (nSPS) is 10.7. The van der Waals surface area contributed by atoms with Crippen LogP contribution in [0.5, 0.6) is 0 Å². The molecule has 0 saturated heterocycles. The van der Waals surface area contributed by atoms with Crippen LogP contribution < -0.4 is 0 Å². The fourth-order valence-corrected chi connectivity index (χ4v) is 2.22. The molecule has 0 amide bonds. The van der Waals surface area contributed by atoms with Crippen LogP contribution in [0.4, 0.5) is 5.69 Å². The second-order valence-electron chi connectivity index (χ2n) is 4.80. The van der Waals surface area contributed by atoms with Gasteiger partial charge in [0.25, 0.3) is 5.69 Å². The van der Waals surface area contributed by atoms with Gasteiger partial charge < -0.3 is 5.11 Å². The van der Waals surface area contributed by atoms with E-state index in [0.717, 1.165) is 10.9 Å². The van der Waals surface area contributed by atoms with Crippen molar-refractivity contribution in [3.63, 3.8) is 0 Å². The molecule has 1 heterocycles. The average molecular weight is 297 g/mol. The standard InChI is InChI=1S/C15H11N3O4/c19-15(20)11-3-1-10(2-4-11)9-17-14-7-13(18(21)22)6-5-12(14)8-16-17/h1-8H,9H2,(H,19,20). The van der Waals surface area contributed by atoms with E-state index in [-0.39, 0.29) is 11.3 Å². The third-order valence-electron chi connectivity index (χ3n) is 3.37. The lowest BCUT2D eigenvalue weighted by atomic mass is 10.1. The molecule has 0 spiro atoms. The number of nitro groups is 1. The van der Waals surface area contributed by atoms with Gasteiger partial charge in [0.1, 0.15) is 0 Å². The molecule has 22 heavy (non-hydrogen) atoms. The summed E-state index contributed by atoms with van der Waals surface area (Å²) in [7, 11) is 0. The number of carbonyl (C=O) groups is 1. The molecule has 7 heteroatoms. The Kier molecular flexibility index (Phi) is 3.30. The van der Waals surface area contributed by atoms with Gasteiger partial charge in [0, 0.05) is 17.5 Å². The van der Waals surface area contributed by atoms with E-state index in [9.17, 15) is 14.9 Å². The molecule has 0 fully saturated rings. The Balaban J connectivity index is 1.94. The highest BCUT2D eigenvalue weighted by Crippen LogP contribution is 2.21. The number of benzene rings is 2. The Morgan fingerprint density at radius 3 is 2.59 bits per heavy atom. The van der Waals surface area contributed by atoms with E-state index >= 15 is 0 Å². The summed E-state index contributed by atoms with van der Waals surface area (Å²) >= 11 is 0. The maximum absolute atomic E-state index is 10.9. The Labute approximate surface area is 124 Å². The second-order valence-corrected chi connectivity index (χ2v) is 4.80. The third-order valence-corrected chi connectivity index (χ3v) is 3.37. The zero-order chi connectivity index (χ0) is 15.7. The zero-order valence-corrected chi connectivity index (χ0v) is 11.3. The first kappa shape index (κ1) is 13.7. The number of aromatic carboxylic acids is 1. The summed E-state index contributed by atoms with van der Waals surface area (Å²) < 4.78 is 1.65. The number of carboxylic acids is 1. The summed E-state index contributed by atoms with van der Waals surface area (Å²) in [6.45, 7) is 0.407. The summed E-state index contributed by atoms with van der Waals surface area (Å²) in [6.07, 6.45) is 1.64. The lowest BCUT2D eigenvalue weighted by Crippen LogP contribution is -2.03. The summed E-state index contributed by atoms with van der Waals surface area (Å²) in [5, 5.41) is 24.8. The van der Waals surface area contributed by atoms with E-state index in [1.165, 1.54) is 24.3 Å². The van der Waals surface area contributed by atoms with Crippen LogP contribution in [0, 0.1) is 10.1 Å². The van der Waals surface area contributed by atoms with Crippen molar-refractivity contribution in [1.29, 1.82) is 0 Å². The SMILES string of the molecule is O=C(O)c1ccc(Cn2ncc3ccc([N+](=O)[O-])cc32)cc1. The van der Waals surface area contributed by atoms with Crippen LogP contribution in [0.25, 0.3) is 10.9 Å². The molecule has 1 N–H and O–H groups in total. The summed E-state index contributed by atoms with van der Waals surface area (Å²) in [6, 6.07) is 11.0. The predicted molar refractivity (Wildman–Crippen MR) is 78.9 cm³/mol. The maximum Gasteiger partial charge on any atom is 0.335 e. The van der Waals surface area contributed by atoms with Crippen LogP contribution in [0.3, 0.4) is 0 Å². The molecule has 0 atom stereocenters. The first-order valence-corrected chi connectivity index (χ1v) is 6.47. The number of non-ortho nitro benzene ring substituents is 1. The smallest absolute Gasteiger partial charge is 0.335 e. The average Bonchev–Trinajstić information content (AvgIpc) is 2.90. The van der Waals surface area contributed by atoms with Crippen molar-refractivity contribution in [2.45, 2.75) is 6.54 Å². The van der Waals surface area contributed by atoms with Crippen LogP contribution in [-0.2, 0) is 6.54 Å². The summed E-state index contributed by atoms with van der Waals surface area (Å²) in [4.78, 5) is 21.2. The van der Waals surface area contributed by atoms with Crippen LogP contribution in [0.1, 0.15) is 15.9 Å². The highest BCUT2D eigenvalue weighted by molar-refractivity contribution is 5.87. The van der Waals surface area contributed by atoms with Gasteiger partial charge in [-0.25, -0.2) is 4.79 Å². The molecule has 7 nitrogen and oxygen atoms in total. The lowest BCUT2D eigenvalue weighted by molar-refractivity contribution is -0.384. The van der Waals surface area contributed by atoms with Gasteiger partial charge >= 0.3 is 5.97 Å². The molecule has 2 aromatic carbocycles. The van der Waals surface area contributed by atoms with Crippen molar-refractivity contribution in [2.24, 2.45) is 0 Å². The van der Waals surface area contributed by atoms with Crippen molar-refractivity contribution < 1.29 is 14.8 Å². The molecule has 0 radical (unpaired) electrons. The molecule has 3 rings (SSSR count). The van der Waals surface area contributed by atoms with E-state index in [4.69, 9.17) is 5.11 Å². The third kappa shape index (κ3) is 2.51. The van der Waals surface area contributed by atoms with E-state index in [0.29, 0.717) is 12.1 Å². The number of hydrogen-bond donors (Lipinski definition) is 1. The number of rotatable bonds is 4. The highest BCUT2D eigenvalue weighted by Gasteiger charge is 2.10. The van der Waals surface area contributed by atoms with Crippen molar-refractivity contribution in [3.05, 3.63) is 69.9 Å². The molecule has 3 aromatic rings. The Morgan fingerprint density at radius 1 is 1.23 bits per heavy atom. The van der Waals surface area contributed by atoms with Gasteiger partial charge in [-0.05, 0) is 23.8 Å². The number of fused-ring (bicyclic) bond motifs is 1. The van der Waals surface area contributed by atoms with E-state index in [2.05, 4.69) is 5.10 Å². The quantitative estimate of drug-likeness (QED) is 0.589. The number of nitrogens with zero attached hydrogens (tertiary/aromatic N) is 3. The largest absolute Gasteiger partial charge is 0.478 e. The maximum atomic E-state index is 10.9. The summed E-state index contributed by atoms with van der Waals surface area (Å²) in [5.74, 6) is -0.980. The van der Waals surface area contributed by atoms with E-state index < -0.39 is 10.9 Å². The molecular formula is C15H11N3O4. The Bertz CT molecular complexity index is 868. The minimum absolute atomic E-state index is 0.00970. The van der Waals surface area contributed by atoms with Gasteiger partial charge in [0.05, 0.1) is 28.7 Å². The van der Waals surface area contributed by atoms with Crippen LogP contribution >= 0.6 is 0 Å². The first-order chi connectivity index (χ1) is 10.5. The van der Waals surface area contributed by atoms with Crippen LogP contribution in [-0.4, -0.2) is 25.8 Å². The topological polar surface area (TPSA) is 98.3 Å². The van der Waals surface area contributed by atoms with Crippen molar-refractivity contribution in [2.75, 3.05) is 0 Å². The molecule has 110 valence electrons. The predicted octanol–water partition coefficient (Wildman–Crippen LogP) is 2.69. The van der Waals surface area contributed by atoms with Gasteiger partial charge in [-0.2, -0.15) is 5.10 Å². The van der Waals surface area contributed by atoms with Crippen molar-refractivity contribution in [1.82, 2.24) is 9.78 Å². The molecule has 0 bridgehead atoms. The second kappa shape index (κ2) is 5.28. The first-order valence-electron chi connectivity index (χ1n) is 6.47. The van der Waals surface area contributed by atoms with Crippen molar-refractivity contribution in [3.8, 4) is 0 Å². The summed E-state index contributed by atoms with van der Waals surface area (Å²) in [5.41, 5.74) is 1.75. The molecule has 0 saturated carbocycles. The lowest BCUT2D eigenvalue weighted by Gasteiger charge is -2.04. The zero-order valence-electron chi connectivity index (χ0n) is 11.3. The number of hydrogen-bond acceptors (Lipinski definition) is 4. The monoisotopic (exact) mass is 297 g/mol. The van der Waals surface area contributed by atoms with Crippen LogP contribution in [0.2, 0.25) is 0 Å². The van der Waals surface area contributed by atoms with Gasteiger partial charge in [-0.1, -0.05) is 12.1 Å². The van der Waals surface area contributed by atoms with Crippen molar-refractivity contribution >= 4 is 22.6 Å². The minimum atomic E-state index is -0.980. The van der Waals surface area contributed by atoms with Gasteiger partial charge in [-0.3, -0.25) is 14.8 Å². The minimum Gasteiger partial charge on any atom is -0.478 e. The number of aromatic nitrogens is 2. The molecular weight excluding hydrogens is 286 g/mol. The molecule has 0 aliphatic carbocycles. The number of nitro benzene ring substituents is 1. The number of carboxylic acid groups (broad SMARTS) is 1.